The summed E-state index contributed by atoms with van der Waals surface area (Å²) >= 11 is 0. The maximum Gasteiger partial charge on any atom is 0.330 e. The van der Waals surface area contributed by atoms with E-state index in [1.807, 2.05) is 6.92 Å². The van der Waals surface area contributed by atoms with Gasteiger partial charge in [0.1, 0.15) is 6.73 Å². The molecule has 0 spiro atoms. The van der Waals surface area contributed by atoms with Crippen LogP contribution in [-0.4, -0.2) is 31.2 Å². The van der Waals surface area contributed by atoms with E-state index in [0.717, 1.165) is 10.1 Å². The summed E-state index contributed by atoms with van der Waals surface area (Å²) in [7, 11) is -3.83. The van der Waals surface area contributed by atoms with Crippen molar-refractivity contribution in [1.82, 2.24) is 9.55 Å². The number of aryl methyl sites for hydroxylation is 1. The first-order valence-electron chi connectivity index (χ1n) is 6.72. The highest BCUT2D eigenvalue weighted by Crippen LogP contribution is 2.12. The zero-order valence-electron chi connectivity index (χ0n) is 12.4. The SMILES string of the molecule is Cc1ccc(S(=O)(=O)OCCOCn2ccc(=O)[nH]c2=O)cc1. The van der Waals surface area contributed by atoms with E-state index in [0.29, 0.717) is 0 Å². The number of hydrogen-bond acceptors (Lipinski definition) is 6. The van der Waals surface area contributed by atoms with E-state index < -0.39 is 21.4 Å². The molecule has 0 saturated carbocycles. The molecule has 0 saturated heterocycles. The number of aromatic nitrogens is 2. The van der Waals surface area contributed by atoms with Crippen molar-refractivity contribution in [1.29, 1.82) is 0 Å². The number of rotatable bonds is 7. The van der Waals surface area contributed by atoms with E-state index in [1.54, 1.807) is 12.1 Å². The van der Waals surface area contributed by atoms with Crippen molar-refractivity contribution in [2.45, 2.75) is 18.6 Å². The first kappa shape index (κ1) is 17.1. The lowest BCUT2D eigenvalue weighted by Gasteiger charge is -2.08. The Morgan fingerprint density at radius 2 is 1.78 bits per heavy atom. The predicted molar refractivity (Wildman–Crippen MR) is 81.6 cm³/mol. The van der Waals surface area contributed by atoms with Gasteiger partial charge in [0, 0.05) is 12.3 Å². The molecule has 0 aliphatic heterocycles. The Balaban J connectivity index is 1.82. The van der Waals surface area contributed by atoms with E-state index in [-0.39, 0.29) is 24.8 Å². The minimum atomic E-state index is -3.83. The number of ether oxygens (including phenoxy) is 1. The molecule has 0 fully saturated rings. The van der Waals surface area contributed by atoms with E-state index in [1.165, 1.54) is 24.4 Å². The zero-order valence-corrected chi connectivity index (χ0v) is 13.2. The fourth-order valence-corrected chi connectivity index (χ4v) is 2.58. The predicted octanol–water partition coefficient (Wildman–Crippen LogP) is 0.225. The maximum atomic E-state index is 11.9. The lowest BCUT2D eigenvalue weighted by molar-refractivity contribution is 0.0525. The molecular weight excluding hydrogens is 324 g/mol. The molecule has 2 aromatic rings. The Bertz CT molecular complexity index is 867. The number of benzene rings is 1. The molecule has 1 heterocycles. The molecule has 23 heavy (non-hydrogen) atoms. The molecule has 0 unspecified atom stereocenters. The highest BCUT2D eigenvalue weighted by Gasteiger charge is 2.14. The Labute approximate surface area is 132 Å². The van der Waals surface area contributed by atoms with Crippen molar-refractivity contribution in [2.75, 3.05) is 13.2 Å². The summed E-state index contributed by atoms with van der Waals surface area (Å²) < 4.78 is 34.9. The van der Waals surface area contributed by atoms with Gasteiger partial charge < -0.3 is 4.74 Å². The standard InChI is InChI=1S/C14H16N2O6S/c1-11-2-4-12(5-3-11)23(19,20)22-9-8-21-10-16-7-6-13(17)15-14(16)18/h2-7H,8-10H2,1H3,(H,15,17,18). The van der Waals surface area contributed by atoms with Crippen LogP contribution in [0.1, 0.15) is 5.56 Å². The first-order chi connectivity index (χ1) is 10.9. The maximum absolute atomic E-state index is 11.9. The average Bonchev–Trinajstić information content (AvgIpc) is 2.49. The molecule has 124 valence electrons. The summed E-state index contributed by atoms with van der Waals surface area (Å²) in [5.74, 6) is 0. The van der Waals surface area contributed by atoms with E-state index in [4.69, 9.17) is 8.92 Å². The molecule has 1 aromatic heterocycles. The third-order valence-corrected chi connectivity index (χ3v) is 4.23. The number of nitrogens with zero attached hydrogens (tertiary/aromatic N) is 1. The van der Waals surface area contributed by atoms with Crippen molar-refractivity contribution >= 4 is 10.1 Å². The van der Waals surface area contributed by atoms with Crippen molar-refractivity contribution < 1.29 is 17.3 Å². The fourth-order valence-electron chi connectivity index (χ4n) is 1.68. The van der Waals surface area contributed by atoms with Crippen LogP contribution in [0.5, 0.6) is 0 Å². The van der Waals surface area contributed by atoms with Gasteiger partial charge in [-0.2, -0.15) is 8.42 Å². The molecule has 0 aliphatic carbocycles. The quantitative estimate of drug-likeness (QED) is 0.571. The van der Waals surface area contributed by atoms with Gasteiger partial charge in [0.25, 0.3) is 15.7 Å². The molecule has 0 amide bonds. The molecule has 0 aliphatic rings. The van der Waals surface area contributed by atoms with Crippen LogP contribution in [0.2, 0.25) is 0 Å². The van der Waals surface area contributed by atoms with Gasteiger partial charge in [-0.15, -0.1) is 0 Å². The number of aromatic amines is 1. The molecule has 2 rings (SSSR count). The topological polar surface area (TPSA) is 107 Å². The Kier molecular flexibility index (Phi) is 5.48. The van der Waals surface area contributed by atoms with Gasteiger partial charge in [-0.25, -0.2) is 4.79 Å². The monoisotopic (exact) mass is 340 g/mol. The second-order valence-electron chi connectivity index (χ2n) is 4.71. The second-order valence-corrected chi connectivity index (χ2v) is 6.32. The summed E-state index contributed by atoms with van der Waals surface area (Å²) in [4.78, 5) is 24.4. The summed E-state index contributed by atoms with van der Waals surface area (Å²) in [6.07, 6.45) is 1.28. The van der Waals surface area contributed by atoms with Crippen molar-refractivity contribution in [3.05, 3.63) is 62.9 Å². The first-order valence-corrected chi connectivity index (χ1v) is 8.13. The van der Waals surface area contributed by atoms with Crippen molar-refractivity contribution in [3.8, 4) is 0 Å². The van der Waals surface area contributed by atoms with Crippen molar-refractivity contribution in [3.63, 3.8) is 0 Å². The van der Waals surface area contributed by atoms with Gasteiger partial charge in [0.05, 0.1) is 18.1 Å². The summed E-state index contributed by atoms with van der Waals surface area (Å²) in [5, 5.41) is 0. The van der Waals surface area contributed by atoms with Crippen molar-refractivity contribution in [2.24, 2.45) is 0 Å². The third kappa shape index (κ3) is 4.88. The highest BCUT2D eigenvalue weighted by atomic mass is 32.2. The fraction of sp³-hybridized carbons (Fsp3) is 0.286. The van der Waals surface area contributed by atoms with Crippen LogP contribution in [0.15, 0.2) is 51.0 Å². The average molecular weight is 340 g/mol. The number of nitrogens with one attached hydrogen (secondary N) is 1. The molecule has 0 atom stereocenters. The lowest BCUT2D eigenvalue weighted by atomic mass is 10.2. The van der Waals surface area contributed by atoms with E-state index in [9.17, 15) is 18.0 Å². The van der Waals surface area contributed by atoms with Crippen LogP contribution < -0.4 is 11.2 Å². The highest BCUT2D eigenvalue weighted by molar-refractivity contribution is 7.86. The second kappa shape index (κ2) is 7.36. The van der Waals surface area contributed by atoms with Gasteiger partial charge in [0.2, 0.25) is 0 Å². The van der Waals surface area contributed by atoms with Gasteiger partial charge >= 0.3 is 5.69 Å². The Morgan fingerprint density at radius 3 is 2.43 bits per heavy atom. The largest absolute Gasteiger partial charge is 0.358 e. The molecule has 9 heteroatoms. The summed E-state index contributed by atoms with van der Waals surface area (Å²) in [6.45, 7) is 1.51. The molecule has 1 N–H and O–H groups in total. The smallest absolute Gasteiger partial charge is 0.330 e. The normalized spacial score (nSPS) is 11.5. The molecule has 0 radical (unpaired) electrons. The van der Waals surface area contributed by atoms with Crippen LogP contribution in [-0.2, 0) is 25.8 Å². The number of H-pyrrole nitrogens is 1. The van der Waals surface area contributed by atoms with Crippen LogP contribution in [0.3, 0.4) is 0 Å². The van der Waals surface area contributed by atoms with Crippen LogP contribution in [0.25, 0.3) is 0 Å². The molecule has 0 bridgehead atoms. The van der Waals surface area contributed by atoms with Crippen LogP contribution in [0.4, 0.5) is 0 Å². The van der Waals surface area contributed by atoms with Gasteiger partial charge in [-0.05, 0) is 19.1 Å². The van der Waals surface area contributed by atoms with Crippen LogP contribution >= 0.6 is 0 Å². The molecule has 8 nitrogen and oxygen atoms in total. The Morgan fingerprint density at radius 1 is 1.09 bits per heavy atom. The number of hydrogen-bond donors (Lipinski definition) is 1. The summed E-state index contributed by atoms with van der Waals surface area (Å²) in [5.41, 5.74) is -0.164. The third-order valence-electron chi connectivity index (χ3n) is 2.90. The lowest BCUT2D eigenvalue weighted by Crippen LogP contribution is -2.29. The summed E-state index contributed by atoms with van der Waals surface area (Å²) in [6, 6.07) is 7.46. The van der Waals surface area contributed by atoms with Crippen LogP contribution in [0, 0.1) is 6.92 Å². The van der Waals surface area contributed by atoms with Gasteiger partial charge in [-0.3, -0.25) is 18.5 Å². The molecular formula is C14H16N2O6S. The van der Waals surface area contributed by atoms with Gasteiger partial charge in [-0.1, -0.05) is 17.7 Å². The van der Waals surface area contributed by atoms with E-state index in [2.05, 4.69) is 4.98 Å². The minimum Gasteiger partial charge on any atom is -0.358 e. The Hall–Kier alpha value is -2.23. The zero-order chi connectivity index (χ0) is 16.9. The van der Waals surface area contributed by atoms with E-state index >= 15 is 0 Å². The molecule has 1 aromatic carbocycles. The van der Waals surface area contributed by atoms with Gasteiger partial charge in [0.15, 0.2) is 0 Å². The minimum absolute atomic E-state index is 0.0311.